The second-order valence-corrected chi connectivity index (χ2v) is 8.99. The number of carbonyl (C=O) groups is 1. The molecule has 1 heterocycles. The number of hydrogen-bond acceptors (Lipinski definition) is 3. The van der Waals surface area contributed by atoms with Crippen LogP contribution in [0.15, 0.2) is 66.7 Å². The van der Waals surface area contributed by atoms with E-state index in [0.29, 0.717) is 34.7 Å². The zero-order valence-electron chi connectivity index (χ0n) is 17.0. The third-order valence-corrected chi connectivity index (χ3v) is 6.09. The number of amides is 1. The average Bonchev–Trinajstić information content (AvgIpc) is 3.15. The lowest BCUT2D eigenvalue weighted by Crippen LogP contribution is -2.36. The minimum absolute atomic E-state index is 0.0272. The molecule has 4 rings (SSSR count). The molecule has 3 aromatic rings. The zero-order chi connectivity index (χ0) is 22.0. The Morgan fingerprint density at radius 2 is 1.71 bits per heavy atom. The molecule has 3 aromatic carbocycles. The van der Waals surface area contributed by atoms with Crippen molar-refractivity contribution in [3.05, 3.63) is 92.9 Å². The van der Waals surface area contributed by atoms with Crippen LogP contribution < -0.4 is 10.3 Å². The van der Waals surface area contributed by atoms with E-state index in [4.69, 9.17) is 34.8 Å². The SMILES string of the molecule is Cc1ccc(NC(=O)C2CN(Cc3cccc(Cl)c3)N(c3cc(Cl)ccc3Cl)C2)cc1. The number of nitrogens with one attached hydrogen (secondary N) is 1. The zero-order valence-corrected chi connectivity index (χ0v) is 19.3. The third kappa shape index (κ3) is 5.34. The fourth-order valence-corrected chi connectivity index (χ4v) is 4.31. The first-order valence-corrected chi connectivity index (χ1v) is 11.1. The van der Waals surface area contributed by atoms with Crippen LogP contribution in [0.1, 0.15) is 11.1 Å². The van der Waals surface area contributed by atoms with Gasteiger partial charge in [-0.25, -0.2) is 5.01 Å². The molecule has 0 aromatic heterocycles. The first-order valence-electron chi connectivity index (χ1n) is 9.98. The van der Waals surface area contributed by atoms with Gasteiger partial charge in [-0.2, -0.15) is 0 Å². The molecule has 1 amide bonds. The Hall–Kier alpha value is -2.24. The number of halogens is 3. The first-order chi connectivity index (χ1) is 14.9. The van der Waals surface area contributed by atoms with Gasteiger partial charge in [-0.15, -0.1) is 0 Å². The van der Waals surface area contributed by atoms with Crippen LogP contribution in [0.4, 0.5) is 11.4 Å². The van der Waals surface area contributed by atoms with E-state index in [-0.39, 0.29) is 11.8 Å². The minimum Gasteiger partial charge on any atom is -0.326 e. The summed E-state index contributed by atoms with van der Waals surface area (Å²) in [5.74, 6) is -0.267. The van der Waals surface area contributed by atoms with Crippen molar-refractivity contribution in [2.75, 3.05) is 23.4 Å². The minimum atomic E-state index is -0.240. The normalized spacial score (nSPS) is 16.5. The molecule has 1 N–H and O–H groups in total. The first kappa shape index (κ1) is 22.0. The van der Waals surface area contributed by atoms with Crippen molar-refractivity contribution >= 4 is 52.1 Å². The lowest BCUT2D eigenvalue weighted by molar-refractivity contribution is -0.119. The second kappa shape index (κ2) is 9.49. The summed E-state index contributed by atoms with van der Waals surface area (Å²) in [6.45, 7) is 3.66. The maximum atomic E-state index is 13.0. The van der Waals surface area contributed by atoms with E-state index >= 15 is 0 Å². The molecular formula is C24H22Cl3N3O. The summed E-state index contributed by atoms with van der Waals surface area (Å²) in [6, 6.07) is 20.9. The van der Waals surface area contributed by atoms with Crippen LogP contribution in [0.2, 0.25) is 15.1 Å². The van der Waals surface area contributed by atoms with E-state index in [2.05, 4.69) is 10.3 Å². The summed E-state index contributed by atoms with van der Waals surface area (Å²) in [6.07, 6.45) is 0. The van der Waals surface area contributed by atoms with Crippen LogP contribution in [0, 0.1) is 12.8 Å². The number of nitrogens with zero attached hydrogens (tertiary/aromatic N) is 2. The number of carbonyl (C=O) groups excluding carboxylic acids is 1. The van der Waals surface area contributed by atoms with E-state index in [0.717, 1.165) is 22.5 Å². The Morgan fingerprint density at radius 3 is 2.45 bits per heavy atom. The van der Waals surface area contributed by atoms with Gasteiger partial charge in [-0.1, -0.05) is 64.6 Å². The summed E-state index contributed by atoms with van der Waals surface area (Å²) < 4.78 is 0. The molecule has 0 radical (unpaired) electrons. The molecule has 1 atom stereocenters. The molecule has 0 bridgehead atoms. The Morgan fingerprint density at radius 1 is 0.968 bits per heavy atom. The van der Waals surface area contributed by atoms with Gasteiger partial charge in [0.15, 0.2) is 0 Å². The molecule has 7 heteroatoms. The maximum Gasteiger partial charge on any atom is 0.230 e. The fraction of sp³-hybridized carbons (Fsp3) is 0.208. The maximum absolute atomic E-state index is 13.0. The highest BCUT2D eigenvalue weighted by molar-refractivity contribution is 6.35. The third-order valence-electron chi connectivity index (χ3n) is 5.30. The molecule has 0 spiro atoms. The molecule has 31 heavy (non-hydrogen) atoms. The van der Waals surface area contributed by atoms with Gasteiger partial charge in [-0.05, 0) is 55.0 Å². The largest absolute Gasteiger partial charge is 0.326 e. The van der Waals surface area contributed by atoms with E-state index in [9.17, 15) is 4.79 Å². The molecular weight excluding hydrogens is 453 g/mol. The summed E-state index contributed by atoms with van der Waals surface area (Å²) >= 11 is 18.9. The Bertz CT molecular complexity index is 1090. The van der Waals surface area contributed by atoms with Crippen LogP contribution in [0.5, 0.6) is 0 Å². The van der Waals surface area contributed by atoms with Gasteiger partial charge in [0.2, 0.25) is 5.91 Å². The fourth-order valence-electron chi connectivity index (χ4n) is 3.71. The predicted octanol–water partition coefficient (Wildman–Crippen LogP) is 6.45. The van der Waals surface area contributed by atoms with E-state index in [1.54, 1.807) is 12.1 Å². The van der Waals surface area contributed by atoms with Crippen molar-refractivity contribution in [1.29, 1.82) is 0 Å². The van der Waals surface area contributed by atoms with Gasteiger partial charge < -0.3 is 10.3 Å². The highest BCUT2D eigenvalue weighted by Gasteiger charge is 2.35. The van der Waals surface area contributed by atoms with Crippen LogP contribution >= 0.6 is 34.8 Å². The van der Waals surface area contributed by atoms with Crippen molar-refractivity contribution in [2.45, 2.75) is 13.5 Å². The van der Waals surface area contributed by atoms with Gasteiger partial charge in [0.05, 0.1) is 16.6 Å². The Labute approximate surface area is 197 Å². The van der Waals surface area contributed by atoms with Crippen LogP contribution in [-0.4, -0.2) is 24.0 Å². The monoisotopic (exact) mass is 473 g/mol. The number of benzene rings is 3. The quantitative estimate of drug-likeness (QED) is 0.462. The van der Waals surface area contributed by atoms with Crippen molar-refractivity contribution in [3.8, 4) is 0 Å². The van der Waals surface area contributed by atoms with E-state index in [1.807, 2.05) is 66.5 Å². The van der Waals surface area contributed by atoms with Gasteiger partial charge in [0.1, 0.15) is 0 Å². The van der Waals surface area contributed by atoms with Gasteiger partial charge in [-0.3, -0.25) is 4.79 Å². The van der Waals surface area contributed by atoms with E-state index < -0.39 is 0 Å². The summed E-state index contributed by atoms with van der Waals surface area (Å²) in [4.78, 5) is 13.0. The van der Waals surface area contributed by atoms with E-state index in [1.165, 1.54) is 0 Å². The molecule has 0 saturated carbocycles. The number of hydrazine groups is 1. The molecule has 1 fully saturated rings. The predicted molar refractivity (Wildman–Crippen MR) is 129 cm³/mol. The number of aryl methyl sites for hydroxylation is 1. The standard InChI is InChI=1S/C24H22Cl3N3O/c1-16-5-8-21(9-6-16)28-24(31)18-14-29(13-17-3-2-4-19(25)11-17)30(15-18)23-12-20(26)7-10-22(23)27/h2-12,18H,13-15H2,1H3,(H,28,31). The topological polar surface area (TPSA) is 35.6 Å². The second-order valence-electron chi connectivity index (χ2n) is 7.71. The highest BCUT2D eigenvalue weighted by Crippen LogP contribution is 2.34. The Balaban J connectivity index is 1.58. The highest BCUT2D eigenvalue weighted by atomic mass is 35.5. The molecule has 1 aliphatic heterocycles. The molecule has 4 nitrogen and oxygen atoms in total. The van der Waals surface area contributed by atoms with Crippen molar-refractivity contribution in [3.63, 3.8) is 0 Å². The Kier molecular flexibility index (Phi) is 6.73. The number of anilines is 2. The molecule has 1 aliphatic rings. The van der Waals surface area contributed by atoms with Gasteiger partial charge in [0, 0.05) is 35.4 Å². The summed E-state index contributed by atoms with van der Waals surface area (Å²) in [7, 11) is 0. The van der Waals surface area contributed by atoms with Crippen LogP contribution in [0.25, 0.3) is 0 Å². The van der Waals surface area contributed by atoms with Crippen LogP contribution in [-0.2, 0) is 11.3 Å². The average molecular weight is 475 g/mol. The number of hydrogen-bond donors (Lipinski definition) is 1. The smallest absolute Gasteiger partial charge is 0.230 e. The van der Waals surface area contributed by atoms with Gasteiger partial charge in [0.25, 0.3) is 0 Å². The lowest BCUT2D eigenvalue weighted by atomic mass is 10.1. The number of rotatable bonds is 5. The lowest BCUT2D eigenvalue weighted by Gasteiger charge is -2.30. The summed E-state index contributed by atoms with van der Waals surface area (Å²) in [5.41, 5.74) is 3.77. The molecule has 160 valence electrons. The molecule has 0 aliphatic carbocycles. The van der Waals surface area contributed by atoms with Gasteiger partial charge >= 0.3 is 0 Å². The van der Waals surface area contributed by atoms with Crippen molar-refractivity contribution in [1.82, 2.24) is 5.01 Å². The molecule has 1 unspecified atom stereocenters. The van der Waals surface area contributed by atoms with Crippen LogP contribution in [0.3, 0.4) is 0 Å². The summed E-state index contributed by atoms with van der Waals surface area (Å²) in [5, 5.41) is 9.03. The molecule has 1 saturated heterocycles. The van der Waals surface area contributed by atoms with Crippen molar-refractivity contribution in [2.24, 2.45) is 5.92 Å². The van der Waals surface area contributed by atoms with Crippen molar-refractivity contribution < 1.29 is 4.79 Å².